The van der Waals surface area contributed by atoms with Crippen LogP contribution in [-0.2, 0) is 4.79 Å². The van der Waals surface area contributed by atoms with Gasteiger partial charge in [0.1, 0.15) is 11.6 Å². The monoisotopic (exact) mass is 251 g/mol. The van der Waals surface area contributed by atoms with Crippen LogP contribution >= 0.6 is 0 Å². The highest BCUT2D eigenvalue weighted by molar-refractivity contribution is 6.05. The van der Waals surface area contributed by atoms with Gasteiger partial charge in [-0.05, 0) is 25.0 Å². The van der Waals surface area contributed by atoms with Crippen molar-refractivity contribution in [1.82, 2.24) is 10.6 Å². The number of aliphatic imine (C=N–C) groups is 1. The SMILES string of the molecule is O=C1NC(NC2CC2)=NC1c1c(F)cccc1F. The Balaban J connectivity index is 1.90. The Kier molecular flexibility index (Phi) is 2.50. The number of benzene rings is 1. The molecular formula is C12H11F2N3O. The van der Waals surface area contributed by atoms with Gasteiger partial charge in [-0.25, -0.2) is 13.8 Å². The fourth-order valence-corrected chi connectivity index (χ4v) is 1.87. The van der Waals surface area contributed by atoms with Gasteiger partial charge in [-0.15, -0.1) is 0 Å². The van der Waals surface area contributed by atoms with Crippen LogP contribution in [0.3, 0.4) is 0 Å². The van der Waals surface area contributed by atoms with Crippen molar-refractivity contribution in [2.45, 2.75) is 24.9 Å². The summed E-state index contributed by atoms with van der Waals surface area (Å²) < 4.78 is 27.1. The molecule has 1 aromatic rings. The number of nitrogens with zero attached hydrogens (tertiary/aromatic N) is 1. The number of guanidine groups is 1. The molecular weight excluding hydrogens is 240 g/mol. The van der Waals surface area contributed by atoms with Crippen LogP contribution in [0.15, 0.2) is 23.2 Å². The first kappa shape index (κ1) is 11.1. The van der Waals surface area contributed by atoms with Crippen LogP contribution in [0, 0.1) is 11.6 Å². The maximum absolute atomic E-state index is 13.6. The van der Waals surface area contributed by atoms with Gasteiger partial charge in [-0.2, -0.15) is 0 Å². The van der Waals surface area contributed by atoms with Gasteiger partial charge >= 0.3 is 0 Å². The predicted molar refractivity (Wildman–Crippen MR) is 60.8 cm³/mol. The highest BCUT2D eigenvalue weighted by Gasteiger charge is 2.34. The molecule has 4 nitrogen and oxygen atoms in total. The quantitative estimate of drug-likeness (QED) is 0.831. The minimum absolute atomic E-state index is 0.301. The van der Waals surface area contributed by atoms with Crippen molar-refractivity contribution in [3.63, 3.8) is 0 Å². The molecule has 0 aromatic heterocycles. The average Bonchev–Trinajstić information content (AvgIpc) is 3.04. The number of halogens is 2. The minimum Gasteiger partial charge on any atom is -0.353 e. The Morgan fingerprint density at radius 3 is 2.56 bits per heavy atom. The summed E-state index contributed by atoms with van der Waals surface area (Å²) in [5.41, 5.74) is -0.303. The fraction of sp³-hybridized carbons (Fsp3) is 0.333. The van der Waals surface area contributed by atoms with E-state index in [9.17, 15) is 13.6 Å². The third kappa shape index (κ3) is 1.94. The molecule has 0 spiro atoms. The molecule has 0 bridgehead atoms. The Bertz CT molecular complexity index is 520. The zero-order valence-corrected chi connectivity index (χ0v) is 9.41. The zero-order valence-electron chi connectivity index (χ0n) is 9.41. The number of rotatable bonds is 2. The van der Waals surface area contributed by atoms with Gasteiger partial charge in [0, 0.05) is 6.04 Å². The van der Waals surface area contributed by atoms with Gasteiger partial charge in [0.2, 0.25) is 0 Å². The molecule has 1 aliphatic carbocycles. The first-order valence-electron chi connectivity index (χ1n) is 5.74. The summed E-state index contributed by atoms with van der Waals surface area (Å²) in [4.78, 5) is 15.7. The average molecular weight is 251 g/mol. The summed E-state index contributed by atoms with van der Waals surface area (Å²) in [5, 5.41) is 5.49. The van der Waals surface area contributed by atoms with Crippen molar-refractivity contribution in [2.24, 2.45) is 4.99 Å². The second-order valence-electron chi connectivity index (χ2n) is 4.42. The smallest absolute Gasteiger partial charge is 0.256 e. The van der Waals surface area contributed by atoms with Crippen molar-refractivity contribution in [3.8, 4) is 0 Å². The molecule has 1 amide bonds. The standard InChI is InChI=1S/C12H11F2N3O/c13-7-2-1-3-8(14)9(7)10-11(18)17-12(16-10)15-6-4-5-6/h1-3,6,10H,4-5H2,(H2,15,16,17,18). The fourth-order valence-electron chi connectivity index (χ4n) is 1.87. The largest absolute Gasteiger partial charge is 0.353 e. The summed E-state index contributed by atoms with van der Waals surface area (Å²) in [7, 11) is 0. The summed E-state index contributed by atoms with van der Waals surface area (Å²) in [6, 6.07) is 2.66. The van der Waals surface area contributed by atoms with E-state index in [2.05, 4.69) is 15.6 Å². The lowest BCUT2D eigenvalue weighted by molar-refractivity contribution is -0.120. The molecule has 1 aliphatic heterocycles. The summed E-state index contributed by atoms with van der Waals surface area (Å²) in [6.07, 6.45) is 2.04. The molecule has 94 valence electrons. The van der Waals surface area contributed by atoms with E-state index in [-0.39, 0.29) is 5.56 Å². The van der Waals surface area contributed by atoms with Crippen molar-refractivity contribution in [3.05, 3.63) is 35.4 Å². The van der Waals surface area contributed by atoms with E-state index in [1.165, 1.54) is 6.07 Å². The van der Waals surface area contributed by atoms with Crippen LogP contribution < -0.4 is 10.6 Å². The van der Waals surface area contributed by atoms with Crippen molar-refractivity contribution < 1.29 is 13.6 Å². The molecule has 1 fully saturated rings. The normalized spacial score (nSPS) is 22.7. The molecule has 1 atom stereocenters. The number of carbonyl (C=O) groups excluding carboxylic acids is 1. The second kappa shape index (κ2) is 4.04. The summed E-state index contributed by atoms with van der Waals surface area (Å²) >= 11 is 0. The van der Waals surface area contributed by atoms with Crippen LogP contribution in [0.4, 0.5) is 8.78 Å². The number of hydrogen-bond acceptors (Lipinski definition) is 3. The summed E-state index contributed by atoms with van der Waals surface area (Å²) in [5.74, 6) is -1.73. The molecule has 2 N–H and O–H groups in total. The Morgan fingerprint density at radius 2 is 1.94 bits per heavy atom. The molecule has 2 aliphatic rings. The van der Waals surface area contributed by atoms with E-state index in [1.807, 2.05) is 0 Å². The second-order valence-corrected chi connectivity index (χ2v) is 4.42. The van der Waals surface area contributed by atoms with Crippen molar-refractivity contribution >= 4 is 11.9 Å². The molecule has 6 heteroatoms. The highest BCUT2D eigenvalue weighted by Crippen LogP contribution is 2.27. The van der Waals surface area contributed by atoms with E-state index >= 15 is 0 Å². The molecule has 1 saturated carbocycles. The van der Waals surface area contributed by atoms with Crippen LogP contribution in [-0.4, -0.2) is 17.9 Å². The van der Waals surface area contributed by atoms with Gasteiger partial charge in [0.15, 0.2) is 12.0 Å². The van der Waals surface area contributed by atoms with E-state index < -0.39 is 23.6 Å². The molecule has 1 unspecified atom stereocenters. The maximum Gasteiger partial charge on any atom is 0.256 e. The lowest BCUT2D eigenvalue weighted by atomic mass is 10.1. The van der Waals surface area contributed by atoms with Gasteiger partial charge < -0.3 is 5.32 Å². The molecule has 0 radical (unpaired) electrons. The molecule has 1 aromatic carbocycles. The number of amides is 1. The Labute approximate surface area is 102 Å². The minimum atomic E-state index is -1.15. The van der Waals surface area contributed by atoms with Crippen LogP contribution in [0.1, 0.15) is 24.4 Å². The van der Waals surface area contributed by atoms with Crippen molar-refractivity contribution in [1.29, 1.82) is 0 Å². The molecule has 1 heterocycles. The number of nitrogens with one attached hydrogen (secondary N) is 2. The number of carbonyl (C=O) groups is 1. The molecule has 3 rings (SSSR count). The van der Waals surface area contributed by atoms with Gasteiger partial charge in [0.05, 0.1) is 5.56 Å². The third-order valence-corrected chi connectivity index (χ3v) is 2.94. The van der Waals surface area contributed by atoms with Crippen LogP contribution in [0.2, 0.25) is 0 Å². The van der Waals surface area contributed by atoms with E-state index in [0.29, 0.717) is 12.0 Å². The highest BCUT2D eigenvalue weighted by atomic mass is 19.1. The lowest BCUT2D eigenvalue weighted by Crippen LogP contribution is -2.37. The van der Waals surface area contributed by atoms with Gasteiger partial charge in [-0.1, -0.05) is 6.07 Å². The Hall–Kier alpha value is -1.98. The first-order valence-corrected chi connectivity index (χ1v) is 5.74. The molecule has 18 heavy (non-hydrogen) atoms. The number of hydrogen-bond donors (Lipinski definition) is 2. The third-order valence-electron chi connectivity index (χ3n) is 2.94. The maximum atomic E-state index is 13.6. The predicted octanol–water partition coefficient (Wildman–Crippen LogP) is 1.24. The van der Waals surface area contributed by atoms with E-state index in [1.54, 1.807) is 0 Å². The first-order chi connectivity index (χ1) is 8.65. The van der Waals surface area contributed by atoms with E-state index in [0.717, 1.165) is 25.0 Å². The Morgan fingerprint density at radius 1 is 1.28 bits per heavy atom. The topological polar surface area (TPSA) is 53.5 Å². The van der Waals surface area contributed by atoms with Crippen molar-refractivity contribution in [2.75, 3.05) is 0 Å². The van der Waals surface area contributed by atoms with Gasteiger partial charge in [-0.3, -0.25) is 10.1 Å². The lowest BCUT2D eigenvalue weighted by Gasteiger charge is -2.07. The van der Waals surface area contributed by atoms with E-state index in [4.69, 9.17) is 0 Å². The molecule has 0 saturated heterocycles. The van der Waals surface area contributed by atoms with Crippen LogP contribution in [0.25, 0.3) is 0 Å². The summed E-state index contributed by atoms with van der Waals surface area (Å²) in [6.45, 7) is 0. The zero-order chi connectivity index (χ0) is 12.7. The van der Waals surface area contributed by atoms with Crippen LogP contribution in [0.5, 0.6) is 0 Å². The van der Waals surface area contributed by atoms with Gasteiger partial charge in [0.25, 0.3) is 5.91 Å².